The number of hydrogen-bond donors (Lipinski definition) is 0. The van der Waals surface area contributed by atoms with Crippen molar-refractivity contribution in [1.82, 2.24) is 9.97 Å². The Morgan fingerprint density at radius 3 is 2.53 bits per heavy atom. The number of rotatable bonds is 3. The zero-order valence-electron chi connectivity index (χ0n) is 11.3. The molecule has 0 bridgehead atoms. The lowest BCUT2D eigenvalue weighted by Crippen LogP contribution is -2.01. The van der Waals surface area contributed by atoms with E-state index in [0.29, 0.717) is 5.15 Å². The van der Waals surface area contributed by atoms with E-state index in [1.54, 1.807) is 0 Å². The minimum absolute atomic E-state index is 0.548. The minimum atomic E-state index is 0.548. The molecule has 0 aliphatic carbocycles. The Hall–Kier alpha value is -0.680. The first-order chi connectivity index (χ1) is 9.02. The molecule has 0 radical (unpaired) electrons. The summed E-state index contributed by atoms with van der Waals surface area (Å²) in [5.74, 6) is 0.719. The van der Waals surface area contributed by atoms with Crippen LogP contribution in [-0.2, 0) is 6.42 Å². The monoisotopic (exact) mass is 386 g/mol. The quantitative estimate of drug-likeness (QED) is 0.550. The van der Waals surface area contributed by atoms with Crippen LogP contribution in [0, 0.1) is 17.4 Å². The Balaban J connectivity index is 2.52. The molecule has 1 heterocycles. The molecule has 1 aromatic carbocycles. The minimum Gasteiger partial charge on any atom is -0.232 e. The highest BCUT2D eigenvalue weighted by molar-refractivity contribution is 14.1. The first-order valence-electron chi connectivity index (χ1n) is 6.32. The number of nitrogens with zero attached hydrogens (tertiary/aromatic N) is 2. The largest absolute Gasteiger partial charge is 0.232 e. The summed E-state index contributed by atoms with van der Waals surface area (Å²) in [4.78, 5) is 9.06. The molecule has 0 saturated carbocycles. The van der Waals surface area contributed by atoms with Crippen molar-refractivity contribution in [1.29, 1.82) is 0 Å². The fourth-order valence-corrected chi connectivity index (χ4v) is 2.58. The van der Waals surface area contributed by atoms with Gasteiger partial charge in [-0.05, 0) is 60.1 Å². The van der Waals surface area contributed by atoms with Gasteiger partial charge < -0.3 is 0 Å². The number of halogens is 2. The number of hydrogen-bond acceptors (Lipinski definition) is 2. The topological polar surface area (TPSA) is 25.8 Å². The van der Waals surface area contributed by atoms with E-state index in [2.05, 4.69) is 71.5 Å². The van der Waals surface area contributed by atoms with Crippen LogP contribution in [-0.4, -0.2) is 9.97 Å². The van der Waals surface area contributed by atoms with E-state index >= 15 is 0 Å². The zero-order valence-corrected chi connectivity index (χ0v) is 14.2. The van der Waals surface area contributed by atoms with E-state index in [1.807, 2.05) is 0 Å². The summed E-state index contributed by atoms with van der Waals surface area (Å²) < 4.78 is 0.966. The van der Waals surface area contributed by atoms with Gasteiger partial charge in [0.05, 0.1) is 9.26 Å². The Bertz CT molecular complexity index is 611. The maximum atomic E-state index is 6.22. The van der Waals surface area contributed by atoms with E-state index in [1.165, 1.54) is 11.1 Å². The van der Waals surface area contributed by atoms with Crippen LogP contribution in [0.5, 0.6) is 0 Å². The molecule has 2 rings (SSSR count). The van der Waals surface area contributed by atoms with E-state index in [-0.39, 0.29) is 0 Å². The predicted molar refractivity (Wildman–Crippen MR) is 88.7 cm³/mol. The smallest absolute Gasteiger partial charge is 0.161 e. The van der Waals surface area contributed by atoms with Crippen molar-refractivity contribution in [2.45, 2.75) is 33.6 Å². The van der Waals surface area contributed by atoms with E-state index in [4.69, 9.17) is 11.6 Å². The predicted octanol–water partition coefficient (Wildman–Crippen LogP) is 4.97. The second-order valence-corrected chi connectivity index (χ2v) is 6.08. The third-order valence-corrected chi connectivity index (χ3v) is 4.86. The molecule has 0 unspecified atom stereocenters. The van der Waals surface area contributed by atoms with Gasteiger partial charge in [0.15, 0.2) is 5.82 Å². The van der Waals surface area contributed by atoms with Gasteiger partial charge in [0.1, 0.15) is 5.15 Å². The number of aryl methyl sites for hydroxylation is 3. The molecule has 0 spiro atoms. The van der Waals surface area contributed by atoms with Gasteiger partial charge in [-0.1, -0.05) is 37.1 Å². The van der Waals surface area contributed by atoms with Crippen molar-refractivity contribution in [3.8, 4) is 11.4 Å². The molecule has 19 heavy (non-hydrogen) atoms. The lowest BCUT2D eigenvalue weighted by Gasteiger charge is -2.09. The molecule has 0 amide bonds. The van der Waals surface area contributed by atoms with Crippen LogP contribution in [0.4, 0.5) is 0 Å². The fourth-order valence-electron chi connectivity index (χ4n) is 1.88. The average Bonchev–Trinajstić information content (AvgIpc) is 2.38. The molecule has 0 aliphatic heterocycles. The highest BCUT2D eigenvalue weighted by atomic mass is 127. The standard InChI is InChI=1S/C15H16ClIN2/c1-4-5-12-13(17)14(16)19-15(18-12)11-7-6-9(2)10(3)8-11/h6-8H,4-5H2,1-3H3. The van der Waals surface area contributed by atoms with Crippen LogP contribution < -0.4 is 0 Å². The zero-order chi connectivity index (χ0) is 14.0. The highest BCUT2D eigenvalue weighted by Crippen LogP contribution is 2.25. The van der Waals surface area contributed by atoms with Crippen LogP contribution in [0.15, 0.2) is 18.2 Å². The van der Waals surface area contributed by atoms with E-state index < -0.39 is 0 Å². The second-order valence-electron chi connectivity index (χ2n) is 4.65. The highest BCUT2D eigenvalue weighted by Gasteiger charge is 2.11. The van der Waals surface area contributed by atoms with E-state index in [0.717, 1.165) is 33.5 Å². The van der Waals surface area contributed by atoms with Gasteiger partial charge in [-0.25, -0.2) is 9.97 Å². The van der Waals surface area contributed by atoms with Crippen LogP contribution >= 0.6 is 34.2 Å². The number of benzene rings is 1. The van der Waals surface area contributed by atoms with Crippen LogP contribution in [0.2, 0.25) is 5.15 Å². The van der Waals surface area contributed by atoms with Crippen LogP contribution in [0.25, 0.3) is 11.4 Å². The van der Waals surface area contributed by atoms with E-state index in [9.17, 15) is 0 Å². The third-order valence-electron chi connectivity index (χ3n) is 3.13. The van der Waals surface area contributed by atoms with Gasteiger partial charge in [0.2, 0.25) is 0 Å². The van der Waals surface area contributed by atoms with Crippen molar-refractivity contribution < 1.29 is 0 Å². The molecule has 0 aliphatic rings. The second kappa shape index (κ2) is 6.18. The Morgan fingerprint density at radius 1 is 1.16 bits per heavy atom. The molecule has 100 valence electrons. The van der Waals surface area contributed by atoms with Crippen molar-refractivity contribution in [2.24, 2.45) is 0 Å². The van der Waals surface area contributed by atoms with Crippen LogP contribution in [0.1, 0.15) is 30.2 Å². The van der Waals surface area contributed by atoms with Gasteiger partial charge in [-0.3, -0.25) is 0 Å². The molecule has 0 N–H and O–H groups in total. The molecular weight excluding hydrogens is 371 g/mol. The van der Waals surface area contributed by atoms with Gasteiger partial charge >= 0.3 is 0 Å². The molecule has 0 fully saturated rings. The summed E-state index contributed by atoms with van der Waals surface area (Å²) in [5.41, 5.74) is 4.58. The fraction of sp³-hybridized carbons (Fsp3) is 0.333. The summed E-state index contributed by atoms with van der Waals surface area (Å²) in [5, 5.41) is 0.548. The van der Waals surface area contributed by atoms with Gasteiger partial charge in [0, 0.05) is 5.56 Å². The summed E-state index contributed by atoms with van der Waals surface area (Å²) in [6.07, 6.45) is 1.98. The van der Waals surface area contributed by atoms with Gasteiger partial charge in [0.25, 0.3) is 0 Å². The van der Waals surface area contributed by atoms with Crippen molar-refractivity contribution in [3.63, 3.8) is 0 Å². The van der Waals surface area contributed by atoms with Crippen molar-refractivity contribution in [3.05, 3.63) is 43.7 Å². The van der Waals surface area contributed by atoms with Gasteiger partial charge in [-0.15, -0.1) is 0 Å². The maximum absolute atomic E-state index is 6.22. The first-order valence-corrected chi connectivity index (χ1v) is 7.78. The maximum Gasteiger partial charge on any atom is 0.161 e. The van der Waals surface area contributed by atoms with Crippen LogP contribution in [0.3, 0.4) is 0 Å². The first kappa shape index (κ1) is 14.7. The summed E-state index contributed by atoms with van der Waals surface area (Å²) >= 11 is 8.44. The molecule has 4 heteroatoms. The SMILES string of the molecule is CCCc1nc(-c2ccc(C)c(C)c2)nc(Cl)c1I. The molecule has 0 saturated heterocycles. The molecule has 2 nitrogen and oxygen atoms in total. The summed E-state index contributed by atoms with van der Waals surface area (Å²) in [7, 11) is 0. The van der Waals surface area contributed by atoms with Crippen molar-refractivity contribution >= 4 is 34.2 Å². The third kappa shape index (κ3) is 3.26. The molecule has 2 aromatic rings. The van der Waals surface area contributed by atoms with Crippen molar-refractivity contribution in [2.75, 3.05) is 0 Å². The Morgan fingerprint density at radius 2 is 1.89 bits per heavy atom. The average molecular weight is 387 g/mol. The lowest BCUT2D eigenvalue weighted by atomic mass is 10.1. The Labute approximate surface area is 132 Å². The van der Waals surface area contributed by atoms with Gasteiger partial charge in [-0.2, -0.15) is 0 Å². The normalized spacial score (nSPS) is 10.8. The summed E-state index contributed by atoms with van der Waals surface area (Å²) in [6.45, 7) is 6.34. The summed E-state index contributed by atoms with van der Waals surface area (Å²) in [6, 6.07) is 6.26. The molecule has 1 aromatic heterocycles. The number of aromatic nitrogens is 2. The lowest BCUT2D eigenvalue weighted by molar-refractivity contribution is 0.867. The molecule has 0 atom stereocenters. The molecular formula is C15H16ClIN2. The Kier molecular flexibility index (Phi) is 4.79.